The van der Waals surface area contributed by atoms with Crippen LogP contribution in [0.15, 0.2) is 46.9 Å². The average molecular weight is 525 g/mol. The summed E-state index contributed by atoms with van der Waals surface area (Å²) in [5.41, 5.74) is 0.845. The molecule has 3 aromatic rings. The second-order valence-electron chi connectivity index (χ2n) is 6.90. The van der Waals surface area contributed by atoms with Crippen LogP contribution < -0.4 is 10.6 Å². The number of halogens is 1. The molecule has 1 fully saturated rings. The molecule has 0 aliphatic carbocycles. The minimum absolute atomic E-state index is 0. The van der Waals surface area contributed by atoms with Crippen molar-refractivity contribution in [3.05, 3.63) is 52.6 Å². The molecule has 0 aromatic carbocycles. The highest BCUT2D eigenvalue weighted by molar-refractivity contribution is 14.0. The van der Waals surface area contributed by atoms with Gasteiger partial charge < -0.3 is 10.6 Å². The van der Waals surface area contributed by atoms with Crippen LogP contribution in [0.3, 0.4) is 0 Å². The van der Waals surface area contributed by atoms with Crippen molar-refractivity contribution in [2.45, 2.75) is 32.4 Å². The highest BCUT2D eigenvalue weighted by Crippen LogP contribution is 2.27. The number of likely N-dealkylation sites (tertiary alicyclic amines) is 1. The molecule has 4 rings (SSSR count). The first-order valence-electron chi connectivity index (χ1n) is 9.93. The maximum absolute atomic E-state index is 4.74. The van der Waals surface area contributed by atoms with Crippen molar-refractivity contribution in [1.82, 2.24) is 30.1 Å². The third kappa shape index (κ3) is 5.46. The summed E-state index contributed by atoms with van der Waals surface area (Å²) < 4.78 is 1.98. The van der Waals surface area contributed by atoms with E-state index in [1.54, 1.807) is 0 Å². The molecule has 156 valence electrons. The lowest BCUT2D eigenvalue weighted by Gasteiger charge is -2.27. The number of aliphatic imine (C=N–C) groups is 1. The molecule has 0 bridgehead atoms. The molecule has 1 aliphatic heterocycles. The number of fused-ring (bicyclic) bond motifs is 1. The second-order valence-corrected chi connectivity index (χ2v) is 7.87. The predicted octanol–water partition coefficient (Wildman–Crippen LogP) is 3.30. The minimum Gasteiger partial charge on any atom is -0.357 e. The molecule has 0 saturated carbocycles. The first kappa shape index (κ1) is 22.0. The molecule has 1 unspecified atom stereocenters. The van der Waals surface area contributed by atoms with Crippen molar-refractivity contribution in [1.29, 1.82) is 0 Å². The van der Waals surface area contributed by atoms with Crippen LogP contribution in [0.1, 0.15) is 36.5 Å². The van der Waals surface area contributed by atoms with Crippen molar-refractivity contribution in [2.24, 2.45) is 4.99 Å². The van der Waals surface area contributed by atoms with E-state index in [9.17, 15) is 0 Å². The van der Waals surface area contributed by atoms with Crippen LogP contribution in [-0.4, -0.2) is 51.6 Å². The zero-order valence-corrected chi connectivity index (χ0v) is 19.8. The molecule has 7 nitrogen and oxygen atoms in total. The number of nitrogens with one attached hydrogen (secondary N) is 2. The zero-order valence-electron chi connectivity index (χ0n) is 16.6. The van der Waals surface area contributed by atoms with E-state index in [1.807, 2.05) is 40.1 Å². The van der Waals surface area contributed by atoms with E-state index < -0.39 is 0 Å². The van der Waals surface area contributed by atoms with Crippen molar-refractivity contribution in [2.75, 3.05) is 26.2 Å². The van der Waals surface area contributed by atoms with Gasteiger partial charge >= 0.3 is 0 Å². The molecular weight excluding hydrogens is 497 g/mol. The number of guanidine groups is 1. The Morgan fingerprint density at radius 3 is 2.79 bits per heavy atom. The minimum atomic E-state index is 0. The first-order chi connectivity index (χ1) is 13.8. The molecule has 1 atom stereocenters. The molecule has 29 heavy (non-hydrogen) atoms. The Morgan fingerprint density at radius 2 is 2.03 bits per heavy atom. The molecule has 4 heterocycles. The van der Waals surface area contributed by atoms with E-state index >= 15 is 0 Å². The fraction of sp³-hybridized carbons (Fsp3) is 0.450. The Balaban J connectivity index is 0.00000240. The number of aromatic nitrogens is 3. The fourth-order valence-corrected chi connectivity index (χ4v) is 4.49. The molecule has 1 aliphatic rings. The van der Waals surface area contributed by atoms with Gasteiger partial charge in [0.2, 0.25) is 0 Å². The Morgan fingerprint density at radius 1 is 1.17 bits per heavy atom. The number of hydrogen-bond donors (Lipinski definition) is 2. The molecule has 3 aromatic heterocycles. The first-order valence-corrected chi connectivity index (χ1v) is 10.8. The van der Waals surface area contributed by atoms with Crippen LogP contribution in [0.2, 0.25) is 0 Å². The monoisotopic (exact) mass is 525 g/mol. The summed E-state index contributed by atoms with van der Waals surface area (Å²) >= 11 is 1.83. The lowest BCUT2D eigenvalue weighted by Crippen LogP contribution is -2.42. The van der Waals surface area contributed by atoms with Crippen LogP contribution in [0.4, 0.5) is 0 Å². The van der Waals surface area contributed by atoms with Crippen LogP contribution in [-0.2, 0) is 6.54 Å². The van der Waals surface area contributed by atoms with Crippen LogP contribution in [0.5, 0.6) is 0 Å². The van der Waals surface area contributed by atoms with Gasteiger partial charge in [-0.15, -0.1) is 45.5 Å². The predicted molar refractivity (Wildman–Crippen MR) is 129 cm³/mol. The lowest BCUT2D eigenvalue weighted by atomic mass is 10.2. The van der Waals surface area contributed by atoms with Crippen LogP contribution in [0, 0.1) is 0 Å². The summed E-state index contributed by atoms with van der Waals surface area (Å²) in [5, 5.41) is 17.5. The van der Waals surface area contributed by atoms with Gasteiger partial charge in [0.15, 0.2) is 17.4 Å². The number of rotatable bonds is 7. The highest BCUT2D eigenvalue weighted by Gasteiger charge is 2.24. The number of pyridine rings is 1. The topological polar surface area (TPSA) is 69.8 Å². The van der Waals surface area contributed by atoms with E-state index in [1.165, 1.54) is 30.8 Å². The van der Waals surface area contributed by atoms with Gasteiger partial charge in [0.1, 0.15) is 6.54 Å². The normalized spacial score (nSPS) is 16.0. The van der Waals surface area contributed by atoms with Crippen molar-refractivity contribution in [3.63, 3.8) is 0 Å². The number of nitrogens with zero attached hydrogens (tertiary/aromatic N) is 5. The van der Waals surface area contributed by atoms with Gasteiger partial charge in [0.25, 0.3) is 0 Å². The molecule has 1 saturated heterocycles. The fourth-order valence-electron chi connectivity index (χ4n) is 3.63. The Kier molecular flexibility index (Phi) is 8.25. The molecular formula is C20H28IN7S. The summed E-state index contributed by atoms with van der Waals surface area (Å²) in [6.45, 7) is 6.56. The van der Waals surface area contributed by atoms with E-state index in [0.29, 0.717) is 12.6 Å². The van der Waals surface area contributed by atoms with Gasteiger partial charge in [0.05, 0.1) is 6.04 Å². The smallest absolute Gasteiger partial charge is 0.191 e. The average Bonchev–Trinajstić information content (AvgIpc) is 3.48. The molecule has 0 amide bonds. The van der Waals surface area contributed by atoms with E-state index in [0.717, 1.165) is 30.5 Å². The summed E-state index contributed by atoms with van der Waals surface area (Å²) in [5.74, 6) is 1.65. The maximum Gasteiger partial charge on any atom is 0.191 e. The van der Waals surface area contributed by atoms with Crippen LogP contribution >= 0.6 is 35.3 Å². The second kappa shape index (κ2) is 10.9. The zero-order chi connectivity index (χ0) is 19.2. The summed E-state index contributed by atoms with van der Waals surface area (Å²) in [4.78, 5) is 8.73. The maximum atomic E-state index is 4.74. The standard InChI is InChI=1S/C20H27N7S.HI/c1-2-21-20(23-15-19-25-24-18-9-3-4-12-27(18)19)22-14-16(17-8-7-13-28-17)26-10-5-6-11-26;/h3-4,7-9,12-13,16H,2,5-6,10-11,14-15H2,1H3,(H2,21,22,23);1H. The molecule has 0 radical (unpaired) electrons. The molecule has 2 N–H and O–H groups in total. The van der Waals surface area contributed by atoms with Gasteiger partial charge in [0, 0.05) is 24.2 Å². The quantitative estimate of drug-likeness (QED) is 0.282. The van der Waals surface area contributed by atoms with Crippen molar-refractivity contribution in [3.8, 4) is 0 Å². The highest BCUT2D eigenvalue weighted by atomic mass is 127. The molecule has 0 spiro atoms. The van der Waals surface area contributed by atoms with Crippen molar-refractivity contribution >= 4 is 46.9 Å². The summed E-state index contributed by atoms with van der Waals surface area (Å²) in [6, 6.07) is 10.7. The SMILES string of the molecule is CCNC(=NCc1nnc2ccccn12)NCC(c1cccs1)N1CCCC1.I. The van der Waals surface area contributed by atoms with Gasteiger partial charge in [-0.1, -0.05) is 12.1 Å². The third-order valence-corrected chi connectivity index (χ3v) is 6.00. The Labute approximate surface area is 192 Å². The van der Waals surface area contributed by atoms with Gasteiger partial charge in [-0.3, -0.25) is 9.30 Å². The number of thiophene rings is 1. The lowest BCUT2D eigenvalue weighted by molar-refractivity contribution is 0.249. The largest absolute Gasteiger partial charge is 0.357 e. The van der Waals surface area contributed by atoms with Crippen molar-refractivity contribution < 1.29 is 0 Å². The van der Waals surface area contributed by atoms with Crippen LogP contribution in [0.25, 0.3) is 5.65 Å². The summed E-state index contributed by atoms with van der Waals surface area (Å²) in [7, 11) is 0. The Bertz CT molecular complexity index is 903. The summed E-state index contributed by atoms with van der Waals surface area (Å²) in [6.07, 6.45) is 4.55. The van der Waals surface area contributed by atoms with Gasteiger partial charge in [-0.25, -0.2) is 4.99 Å². The third-order valence-electron chi connectivity index (χ3n) is 5.02. The van der Waals surface area contributed by atoms with E-state index in [4.69, 9.17) is 4.99 Å². The number of hydrogen-bond acceptors (Lipinski definition) is 5. The Hall–Kier alpha value is -1.72. The van der Waals surface area contributed by atoms with Gasteiger partial charge in [-0.05, 0) is 56.4 Å². The van der Waals surface area contributed by atoms with Gasteiger partial charge in [-0.2, -0.15) is 0 Å². The molecule has 9 heteroatoms. The van der Waals surface area contributed by atoms with E-state index in [-0.39, 0.29) is 24.0 Å². The van der Waals surface area contributed by atoms with E-state index in [2.05, 4.69) is 50.2 Å².